The maximum absolute atomic E-state index is 14.0. The first kappa shape index (κ1) is 20.5. The Bertz CT molecular complexity index is 1240. The summed E-state index contributed by atoms with van der Waals surface area (Å²) in [6.07, 6.45) is 7.86. The smallest absolute Gasteiger partial charge is 0.266 e. The second kappa shape index (κ2) is 6.95. The van der Waals surface area contributed by atoms with Gasteiger partial charge in [0.2, 0.25) is 10.0 Å². The summed E-state index contributed by atoms with van der Waals surface area (Å²) >= 11 is 1.53. The lowest BCUT2D eigenvalue weighted by Crippen LogP contribution is -2.68. The van der Waals surface area contributed by atoms with Crippen molar-refractivity contribution in [3.05, 3.63) is 51.7 Å². The van der Waals surface area contributed by atoms with E-state index >= 15 is 0 Å². The second-order valence-corrected chi connectivity index (χ2v) is 12.6. The standard InChI is InChI=1S/C23H24FN3O3S2/c1-14-6-9-18-20(31-21(25-18)15-7-8-15)22(28)27(14)16-10-23(11-16)12-26(13-23)32(29,30)19-5-3-2-4-17(19)24/h2-6,9,14-16H,7-8,10-13H2,1H3. The first-order valence-electron chi connectivity index (χ1n) is 11.0. The Kier molecular flexibility index (Phi) is 4.45. The molecule has 1 aromatic carbocycles. The van der Waals surface area contributed by atoms with E-state index in [1.54, 1.807) is 0 Å². The molecule has 4 aliphatic rings. The molecule has 1 aromatic heterocycles. The van der Waals surface area contributed by atoms with Crippen molar-refractivity contribution in [2.45, 2.75) is 55.5 Å². The van der Waals surface area contributed by atoms with E-state index in [0.717, 1.165) is 41.3 Å². The number of hydrogen-bond donors (Lipinski definition) is 0. The molecule has 32 heavy (non-hydrogen) atoms. The molecule has 3 fully saturated rings. The molecular weight excluding hydrogens is 449 g/mol. The molecule has 6 nitrogen and oxygen atoms in total. The van der Waals surface area contributed by atoms with E-state index in [1.165, 1.54) is 39.9 Å². The molecule has 0 radical (unpaired) electrons. The molecule has 6 rings (SSSR count). The Morgan fingerprint density at radius 3 is 2.59 bits per heavy atom. The van der Waals surface area contributed by atoms with Crippen LogP contribution in [0.3, 0.4) is 0 Å². The zero-order valence-electron chi connectivity index (χ0n) is 17.7. The number of thiazole rings is 1. The van der Waals surface area contributed by atoms with Gasteiger partial charge in [-0.2, -0.15) is 4.31 Å². The summed E-state index contributed by atoms with van der Waals surface area (Å²) in [5.41, 5.74) is 0.672. The summed E-state index contributed by atoms with van der Waals surface area (Å²) < 4.78 is 41.0. The minimum atomic E-state index is -3.83. The predicted molar refractivity (Wildman–Crippen MR) is 119 cm³/mol. The number of carbonyl (C=O) groups is 1. The van der Waals surface area contributed by atoms with Gasteiger partial charge in [-0.15, -0.1) is 11.3 Å². The predicted octanol–water partition coefficient (Wildman–Crippen LogP) is 3.87. The summed E-state index contributed by atoms with van der Waals surface area (Å²) in [6.45, 7) is 2.78. The van der Waals surface area contributed by atoms with Crippen molar-refractivity contribution in [2.24, 2.45) is 5.41 Å². The largest absolute Gasteiger partial charge is 0.329 e. The molecule has 0 N–H and O–H groups in total. The fourth-order valence-electron chi connectivity index (χ4n) is 5.30. The first-order valence-corrected chi connectivity index (χ1v) is 13.3. The Morgan fingerprint density at radius 2 is 1.91 bits per heavy atom. The van der Waals surface area contributed by atoms with Gasteiger partial charge in [-0.25, -0.2) is 17.8 Å². The van der Waals surface area contributed by atoms with Crippen LogP contribution in [0.1, 0.15) is 58.9 Å². The van der Waals surface area contributed by atoms with Crippen molar-refractivity contribution in [3.8, 4) is 0 Å². The van der Waals surface area contributed by atoms with Gasteiger partial charge in [-0.1, -0.05) is 18.2 Å². The molecule has 168 valence electrons. The number of hydrogen-bond acceptors (Lipinski definition) is 5. The molecule has 1 unspecified atom stereocenters. The van der Waals surface area contributed by atoms with E-state index in [0.29, 0.717) is 19.0 Å². The number of carbonyl (C=O) groups excluding carboxylic acids is 1. The molecule has 1 spiro atoms. The van der Waals surface area contributed by atoms with Gasteiger partial charge in [0.25, 0.3) is 5.91 Å². The molecule has 9 heteroatoms. The number of halogens is 1. The van der Waals surface area contributed by atoms with Crippen molar-refractivity contribution in [2.75, 3.05) is 13.1 Å². The highest BCUT2D eigenvalue weighted by molar-refractivity contribution is 7.89. The van der Waals surface area contributed by atoms with Gasteiger partial charge in [0.05, 0.1) is 10.7 Å². The third-order valence-corrected chi connectivity index (χ3v) is 10.3. The number of nitrogens with zero attached hydrogens (tertiary/aromatic N) is 3. The molecule has 1 amide bonds. The first-order chi connectivity index (χ1) is 15.3. The molecule has 0 bridgehead atoms. The zero-order valence-corrected chi connectivity index (χ0v) is 19.3. The van der Waals surface area contributed by atoms with Gasteiger partial charge in [0.1, 0.15) is 15.6 Å². The van der Waals surface area contributed by atoms with E-state index in [4.69, 9.17) is 4.98 Å². The Morgan fingerprint density at radius 1 is 1.19 bits per heavy atom. The average molecular weight is 474 g/mol. The number of sulfonamides is 1. The maximum atomic E-state index is 14.0. The van der Waals surface area contributed by atoms with Gasteiger partial charge >= 0.3 is 0 Å². The van der Waals surface area contributed by atoms with Crippen LogP contribution in [0.15, 0.2) is 35.2 Å². The van der Waals surface area contributed by atoms with Crippen LogP contribution >= 0.6 is 11.3 Å². The van der Waals surface area contributed by atoms with Crippen LogP contribution in [-0.2, 0) is 10.0 Å². The van der Waals surface area contributed by atoms with Gasteiger partial charge in [0.15, 0.2) is 0 Å². The number of aromatic nitrogens is 1. The number of benzene rings is 1. The van der Waals surface area contributed by atoms with E-state index in [9.17, 15) is 17.6 Å². The third-order valence-electron chi connectivity index (χ3n) is 7.21. The summed E-state index contributed by atoms with van der Waals surface area (Å²) in [4.78, 5) is 20.5. The van der Waals surface area contributed by atoms with E-state index in [1.807, 2.05) is 24.0 Å². The fraction of sp³-hybridized carbons (Fsp3) is 0.478. The van der Waals surface area contributed by atoms with E-state index in [-0.39, 0.29) is 28.3 Å². The van der Waals surface area contributed by atoms with E-state index in [2.05, 4.69) is 0 Å². The topological polar surface area (TPSA) is 70.6 Å². The van der Waals surface area contributed by atoms with Crippen molar-refractivity contribution in [3.63, 3.8) is 0 Å². The zero-order chi connectivity index (χ0) is 22.3. The van der Waals surface area contributed by atoms with Gasteiger partial charge in [-0.05, 0) is 50.8 Å². The van der Waals surface area contributed by atoms with E-state index < -0.39 is 15.8 Å². The molecule has 2 aliphatic carbocycles. The lowest BCUT2D eigenvalue weighted by Gasteiger charge is -2.60. The Labute approximate surface area is 190 Å². The molecule has 1 saturated heterocycles. The third kappa shape index (κ3) is 3.08. The summed E-state index contributed by atoms with van der Waals surface area (Å²) in [5.74, 6) is -0.165. The van der Waals surface area contributed by atoms with Crippen LogP contribution in [0.5, 0.6) is 0 Å². The highest BCUT2D eigenvalue weighted by Crippen LogP contribution is 2.53. The molecule has 2 aliphatic heterocycles. The second-order valence-electron chi connectivity index (χ2n) is 9.62. The quantitative estimate of drug-likeness (QED) is 0.676. The summed E-state index contributed by atoms with van der Waals surface area (Å²) in [5, 5.41) is 1.07. The van der Waals surface area contributed by atoms with Gasteiger partial charge in [0, 0.05) is 36.5 Å². The number of rotatable bonds is 4. The normalized spacial score (nSPS) is 25.4. The van der Waals surface area contributed by atoms with Crippen LogP contribution in [0, 0.1) is 11.2 Å². The maximum Gasteiger partial charge on any atom is 0.266 e. The van der Waals surface area contributed by atoms with Crippen LogP contribution in [0.4, 0.5) is 4.39 Å². The summed E-state index contributed by atoms with van der Waals surface area (Å²) in [6, 6.07) is 5.55. The van der Waals surface area contributed by atoms with Crippen molar-refractivity contribution >= 4 is 33.3 Å². The minimum absolute atomic E-state index is 0.0334. The molecule has 2 aromatic rings. The number of fused-ring (bicyclic) bond motifs is 1. The number of amides is 1. The molecule has 1 atom stereocenters. The lowest BCUT2D eigenvalue weighted by molar-refractivity contribution is -0.0703. The summed E-state index contributed by atoms with van der Waals surface area (Å²) in [7, 11) is -3.83. The van der Waals surface area contributed by atoms with Crippen molar-refractivity contribution < 1.29 is 17.6 Å². The molecule has 2 saturated carbocycles. The van der Waals surface area contributed by atoms with Gasteiger partial charge < -0.3 is 4.90 Å². The Balaban J connectivity index is 1.16. The van der Waals surface area contributed by atoms with Crippen LogP contribution in [0.25, 0.3) is 6.08 Å². The SMILES string of the molecule is CC1C=Cc2nc(C3CC3)sc2C(=O)N1C1CC2(C1)CN(S(=O)(=O)c1ccccc1F)C2. The average Bonchev–Trinajstić information content (AvgIpc) is 3.47. The lowest BCUT2D eigenvalue weighted by atomic mass is 9.61. The highest BCUT2D eigenvalue weighted by Gasteiger charge is 2.58. The van der Waals surface area contributed by atoms with Gasteiger partial charge in [-0.3, -0.25) is 4.79 Å². The fourth-order valence-corrected chi connectivity index (χ4v) is 8.20. The molecular formula is C23H24FN3O3S2. The van der Waals surface area contributed by atoms with Crippen LogP contribution < -0.4 is 0 Å². The Hall–Kier alpha value is -2.10. The monoisotopic (exact) mass is 473 g/mol. The molecule has 3 heterocycles. The van der Waals surface area contributed by atoms with Crippen molar-refractivity contribution in [1.82, 2.24) is 14.2 Å². The highest BCUT2D eigenvalue weighted by atomic mass is 32.2. The minimum Gasteiger partial charge on any atom is -0.329 e. The van der Waals surface area contributed by atoms with Crippen molar-refractivity contribution in [1.29, 1.82) is 0 Å². The van der Waals surface area contributed by atoms with Crippen LogP contribution in [0.2, 0.25) is 0 Å². The van der Waals surface area contributed by atoms with Crippen LogP contribution in [-0.4, -0.2) is 53.7 Å².